The normalized spacial score (nSPS) is 12.8. The first-order chi connectivity index (χ1) is 12.4. The summed E-state index contributed by atoms with van der Waals surface area (Å²) < 4.78 is 0. The Labute approximate surface area is 146 Å². The van der Waals surface area contributed by atoms with E-state index in [-0.39, 0.29) is 5.92 Å². The first-order valence-electron chi connectivity index (χ1n) is 8.53. The van der Waals surface area contributed by atoms with Crippen LogP contribution in [0.5, 0.6) is 0 Å². The summed E-state index contributed by atoms with van der Waals surface area (Å²) in [4.78, 5) is 12.0. The van der Waals surface area contributed by atoms with Gasteiger partial charge >= 0.3 is 0 Å². The minimum atomic E-state index is 0.109. The van der Waals surface area contributed by atoms with Crippen LogP contribution in [0.25, 0.3) is 21.9 Å². The van der Waals surface area contributed by atoms with Crippen LogP contribution in [0.4, 0.5) is 0 Å². The summed E-state index contributed by atoms with van der Waals surface area (Å²) in [5, 5.41) is 2.13. The molecule has 0 fully saturated rings. The summed E-state index contributed by atoms with van der Waals surface area (Å²) in [7, 11) is 0. The van der Waals surface area contributed by atoms with Gasteiger partial charge in [0.05, 0.1) is 0 Å². The van der Waals surface area contributed by atoms with Gasteiger partial charge in [0.15, 0.2) is 6.29 Å². The Hall–Kier alpha value is -3.19. The van der Waals surface area contributed by atoms with Gasteiger partial charge in [0, 0.05) is 11.5 Å². The summed E-state index contributed by atoms with van der Waals surface area (Å²) in [6.07, 6.45) is 1.02. The zero-order chi connectivity index (χ0) is 16.8. The lowest BCUT2D eigenvalue weighted by atomic mass is 9.85. The summed E-state index contributed by atoms with van der Waals surface area (Å²) >= 11 is 0. The lowest BCUT2D eigenvalue weighted by molar-refractivity contribution is 0.112. The molecule has 0 amide bonds. The van der Waals surface area contributed by atoms with Crippen molar-refractivity contribution in [3.05, 3.63) is 107 Å². The molecule has 0 N–H and O–H groups in total. The van der Waals surface area contributed by atoms with Crippen LogP contribution in [0, 0.1) is 0 Å². The molecule has 0 aromatic heterocycles. The van der Waals surface area contributed by atoms with E-state index >= 15 is 0 Å². The second-order valence-electron chi connectivity index (χ2n) is 6.51. The third-order valence-electron chi connectivity index (χ3n) is 5.27. The Bertz CT molecular complexity index is 1080. The lowest BCUT2D eigenvalue weighted by Gasteiger charge is -2.18. The highest BCUT2D eigenvalue weighted by molar-refractivity contribution is 6.00. The maximum Gasteiger partial charge on any atom is 0.150 e. The molecule has 118 valence electrons. The molecule has 5 rings (SSSR count). The Kier molecular flexibility index (Phi) is 3.07. The molecule has 0 aliphatic heterocycles. The highest BCUT2D eigenvalue weighted by atomic mass is 16.1. The van der Waals surface area contributed by atoms with E-state index in [1.165, 1.54) is 22.3 Å². The molecule has 0 atom stereocenters. The Balaban J connectivity index is 1.85. The Morgan fingerprint density at radius 2 is 1.20 bits per heavy atom. The minimum absolute atomic E-state index is 0.109. The lowest BCUT2D eigenvalue weighted by Crippen LogP contribution is -2.04. The molecule has 0 bridgehead atoms. The van der Waals surface area contributed by atoms with E-state index in [4.69, 9.17) is 0 Å². The molecule has 0 unspecified atom stereocenters. The van der Waals surface area contributed by atoms with E-state index in [0.717, 1.165) is 28.2 Å². The Morgan fingerprint density at radius 3 is 1.88 bits per heavy atom. The second-order valence-corrected chi connectivity index (χ2v) is 6.51. The van der Waals surface area contributed by atoms with E-state index < -0.39 is 0 Å². The van der Waals surface area contributed by atoms with Crippen molar-refractivity contribution in [2.75, 3.05) is 0 Å². The zero-order valence-electron chi connectivity index (χ0n) is 13.6. The summed E-state index contributed by atoms with van der Waals surface area (Å²) in [6, 6.07) is 29.4. The van der Waals surface area contributed by atoms with Crippen LogP contribution >= 0.6 is 0 Å². The first-order valence-corrected chi connectivity index (χ1v) is 8.53. The maximum absolute atomic E-state index is 12.0. The molecule has 0 saturated heterocycles. The topological polar surface area (TPSA) is 17.1 Å². The molecular formula is C24H16O. The number of hydrogen-bond acceptors (Lipinski definition) is 1. The summed E-state index contributed by atoms with van der Waals surface area (Å²) in [5.74, 6) is 0.109. The monoisotopic (exact) mass is 320 g/mol. The van der Waals surface area contributed by atoms with Crippen LogP contribution in [0.3, 0.4) is 0 Å². The van der Waals surface area contributed by atoms with E-state index in [9.17, 15) is 4.79 Å². The highest BCUT2D eigenvalue weighted by Gasteiger charge is 2.31. The largest absolute Gasteiger partial charge is 0.298 e. The fraction of sp³-hybridized carbons (Fsp3) is 0.0417. The average molecular weight is 320 g/mol. The third kappa shape index (κ3) is 1.99. The molecule has 1 aliphatic rings. The maximum atomic E-state index is 12.0. The number of carbonyl (C=O) groups is 1. The molecule has 0 spiro atoms. The van der Waals surface area contributed by atoms with Gasteiger partial charge in [-0.05, 0) is 38.6 Å². The quantitative estimate of drug-likeness (QED) is 0.375. The van der Waals surface area contributed by atoms with Gasteiger partial charge in [-0.15, -0.1) is 0 Å². The second kappa shape index (κ2) is 5.42. The fourth-order valence-electron chi connectivity index (χ4n) is 4.19. The molecule has 0 saturated carbocycles. The average Bonchev–Trinajstić information content (AvgIpc) is 3.01. The summed E-state index contributed by atoms with van der Waals surface area (Å²) in [5.41, 5.74) is 6.99. The van der Waals surface area contributed by atoms with Crippen LogP contribution in [0.2, 0.25) is 0 Å². The molecule has 25 heavy (non-hydrogen) atoms. The van der Waals surface area contributed by atoms with Gasteiger partial charge in [-0.1, -0.05) is 84.9 Å². The molecule has 4 aromatic rings. The number of hydrogen-bond donors (Lipinski definition) is 0. The molecule has 1 nitrogen and oxygen atoms in total. The predicted octanol–water partition coefficient (Wildman–Crippen LogP) is 5.81. The SMILES string of the molecule is O=Cc1c(C2c3ccccc3-c3ccccc32)ccc2ccccc12. The molecule has 1 aliphatic carbocycles. The number of rotatable bonds is 2. The van der Waals surface area contributed by atoms with Crippen molar-refractivity contribution >= 4 is 17.1 Å². The van der Waals surface area contributed by atoms with Gasteiger partial charge in [-0.25, -0.2) is 0 Å². The molecule has 1 heteroatoms. The van der Waals surface area contributed by atoms with Crippen LogP contribution in [-0.2, 0) is 0 Å². The van der Waals surface area contributed by atoms with Crippen LogP contribution in [-0.4, -0.2) is 6.29 Å². The van der Waals surface area contributed by atoms with E-state index in [0.29, 0.717) is 0 Å². The minimum Gasteiger partial charge on any atom is -0.298 e. The van der Waals surface area contributed by atoms with Gasteiger partial charge in [0.25, 0.3) is 0 Å². The van der Waals surface area contributed by atoms with Crippen molar-refractivity contribution in [2.24, 2.45) is 0 Å². The van der Waals surface area contributed by atoms with Crippen LogP contribution in [0.15, 0.2) is 84.9 Å². The summed E-state index contributed by atoms with van der Waals surface area (Å²) in [6.45, 7) is 0. The Morgan fingerprint density at radius 1 is 0.600 bits per heavy atom. The number of benzene rings is 4. The fourth-order valence-corrected chi connectivity index (χ4v) is 4.19. The number of fused-ring (bicyclic) bond motifs is 4. The van der Waals surface area contributed by atoms with Crippen molar-refractivity contribution in [1.29, 1.82) is 0 Å². The van der Waals surface area contributed by atoms with Crippen molar-refractivity contribution in [2.45, 2.75) is 5.92 Å². The van der Waals surface area contributed by atoms with Crippen molar-refractivity contribution in [3.63, 3.8) is 0 Å². The highest BCUT2D eigenvalue weighted by Crippen LogP contribution is 2.48. The van der Waals surface area contributed by atoms with E-state index in [2.05, 4.69) is 66.7 Å². The third-order valence-corrected chi connectivity index (χ3v) is 5.27. The molecular weight excluding hydrogens is 304 g/mol. The van der Waals surface area contributed by atoms with E-state index in [1.54, 1.807) is 0 Å². The number of aldehydes is 1. The van der Waals surface area contributed by atoms with Gasteiger partial charge in [-0.3, -0.25) is 4.79 Å². The van der Waals surface area contributed by atoms with Gasteiger partial charge in [0.1, 0.15) is 0 Å². The van der Waals surface area contributed by atoms with Crippen LogP contribution in [0.1, 0.15) is 33.0 Å². The zero-order valence-corrected chi connectivity index (χ0v) is 13.6. The van der Waals surface area contributed by atoms with Crippen molar-refractivity contribution < 1.29 is 4.79 Å². The van der Waals surface area contributed by atoms with Gasteiger partial charge in [0.2, 0.25) is 0 Å². The van der Waals surface area contributed by atoms with Crippen molar-refractivity contribution in [3.8, 4) is 11.1 Å². The number of carbonyl (C=O) groups excluding carboxylic acids is 1. The first kappa shape index (κ1) is 14.2. The molecule has 4 aromatic carbocycles. The van der Waals surface area contributed by atoms with E-state index in [1.807, 2.05) is 18.2 Å². The standard InChI is InChI=1S/C24H16O/c25-15-23-17-8-2-1-7-16(17)13-14-22(23)24-20-11-5-3-9-18(20)19-10-4-6-12-21(19)24/h1-15,24H. The molecule has 0 heterocycles. The van der Waals surface area contributed by atoms with Crippen molar-refractivity contribution in [1.82, 2.24) is 0 Å². The predicted molar refractivity (Wildman–Crippen MR) is 102 cm³/mol. The van der Waals surface area contributed by atoms with Gasteiger partial charge in [-0.2, -0.15) is 0 Å². The smallest absolute Gasteiger partial charge is 0.150 e. The van der Waals surface area contributed by atoms with Gasteiger partial charge < -0.3 is 0 Å². The molecule has 0 radical (unpaired) electrons. The van der Waals surface area contributed by atoms with Crippen LogP contribution < -0.4 is 0 Å².